The summed E-state index contributed by atoms with van der Waals surface area (Å²) in [6.07, 6.45) is 2.02. The molecule has 1 saturated carbocycles. The number of amides is 1. The average molecular weight is 292 g/mol. The number of hydrogen-bond donors (Lipinski definition) is 2. The number of fused-ring (bicyclic) bond motifs is 1. The zero-order valence-electron chi connectivity index (χ0n) is 10.5. The number of aromatic nitrogens is 1. The highest BCUT2D eigenvalue weighted by molar-refractivity contribution is 7.16. The van der Waals surface area contributed by atoms with Gasteiger partial charge in [-0.2, -0.15) is 0 Å². The summed E-state index contributed by atoms with van der Waals surface area (Å²) in [6.45, 7) is 0.0208. The van der Waals surface area contributed by atoms with E-state index in [1.54, 1.807) is 17.6 Å². The molecule has 0 unspecified atom stereocenters. The largest absolute Gasteiger partial charge is 0.370 e. The number of thiazole rings is 1. The molecule has 1 aliphatic carbocycles. The van der Waals surface area contributed by atoms with Gasteiger partial charge < -0.3 is 10.6 Å². The van der Waals surface area contributed by atoms with Crippen LogP contribution in [0, 0.1) is 10.1 Å². The highest BCUT2D eigenvalue weighted by Gasteiger charge is 2.24. The van der Waals surface area contributed by atoms with E-state index in [1.807, 2.05) is 0 Å². The minimum absolute atomic E-state index is 0.0208. The maximum Gasteiger partial charge on any atom is 0.319 e. The van der Waals surface area contributed by atoms with Gasteiger partial charge in [-0.15, -0.1) is 11.3 Å². The predicted octanol–water partition coefficient (Wildman–Crippen LogP) is 1.89. The monoisotopic (exact) mass is 292 g/mol. The molecule has 1 aromatic heterocycles. The number of nitrogens with zero attached hydrogens (tertiary/aromatic N) is 2. The van der Waals surface area contributed by atoms with Crippen LogP contribution < -0.4 is 10.6 Å². The van der Waals surface area contributed by atoms with Crippen LogP contribution in [0.5, 0.6) is 0 Å². The topological polar surface area (TPSA) is 97.2 Å². The van der Waals surface area contributed by atoms with Gasteiger partial charge in [-0.25, -0.2) is 4.98 Å². The molecule has 0 aliphatic heterocycles. The molecule has 20 heavy (non-hydrogen) atoms. The van der Waals surface area contributed by atoms with Gasteiger partial charge in [0.05, 0.1) is 21.7 Å². The third-order valence-electron chi connectivity index (χ3n) is 3.04. The van der Waals surface area contributed by atoms with Gasteiger partial charge in [-0.1, -0.05) is 0 Å². The highest BCUT2D eigenvalue weighted by Crippen LogP contribution is 2.34. The summed E-state index contributed by atoms with van der Waals surface area (Å²) in [7, 11) is 0. The number of anilines is 1. The lowest BCUT2D eigenvalue weighted by Crippen LogP contribution is -2.31. The van der Waals surface area contributed by atoms with E-state index in [0.29, 0.717) is 11.2 Å². The van der Waals surface area contributed by atoms with Crippen LogP contribution in [0.1, 0.15) is 12.8 Å². The molecule has 1 fully saturated rings. The van der Waals surface area contributed by atoms with E-state index in [1.165, 1.54) is 11.3 Å². The van der Waals surface area contributed by atoms with Crippen LogP contribution in [-0.2, 0) is 4.79 Å². The third-order valence-corrected chi connectivity index (χ3v) is 3.83. The minimum atomic E-state index is -0.469. The first-order valence-electron chi connectivity index (χ1n) is 6.19. The van der Waals surface area contributed by atoms with Crippen LogP contribution in [0.25, 0.3) is 10.2 Å². The number of carbonyl (C=O) groups is 1. The number of benzene rings is 1. The van der Waals surface area contributed by atoms with E-state index in [0.717, 1.165) is 17.5 Å². The highest BCUT2D eigenvalue weighted by atomic mass is 32.1. The first-order chi connectivity index (χ1) is 9.65. The second kappa shape index (κ2) is 5.04. The van der Waals surface area contributed by atoms with Crippen molar-refractivity contribution in [2.45, 2.75) is 18.9 Å². The Morgan fingerprint density at radius 2 is 2.30 bits per heavy atom. The molecule has 1 aliphatic rings. The van der Waals surface area contributed by atoms with E-state index < -0.39 is 4.92 Å². The van der Waals surface area contributed by atoms with Crippen molar-refractivity contribution in [3.8, 4) is 0 Å². The molecule has 0 radical (unpaired) electrons. The SMILES string of the molecule is O=C(CNc1ccc2scnc2c1[N+](=O)[O-])NC1CC1. The number of rotatable bonds is 5. The molecule has 2 N–H and O–H groups in total. The maximum atomic E-state index is 11.6. The van der Waals surface area contributed by atoms with Crippen LogP contribution in [0.15, 0.2) is 17.6 Å². The molecule has 0 spiro atoms. The molecule has 0 saturated heterocycles. The molecule has 3 rings (SSSR count). The van der Waals surface area contributed by atoms with Gasteiger partial charge in [-0.05, 0) is 25.0 Å². The van der Waals surface area contributed by atoms with Gasteiger partial charge in [0.15, 0.2) is 5.52 Å². The molecule has 0 atom stereocenters. The second-order valence-electron chi connectivity index (χ2n) is 4.61. The van der Waals surface area contributed by atoms with Crippen molar-refractivity contribution in [1.82, 2.24) is 10.3 Å². The molecule has 1 aromatic carbocycles. The lowest BCUT2D eigenvalue weighted by molar-refractivity contribution is -0.382. The maximum absolute atomic E-state index is 11.6. The Kier molecular flexibility index (Phi) is 3.23. The third kappa shape index (κ3) is 2.55. The number of carbonyl (C=O) groups excluding carboxylic acids is 1. The molecular formula is C12H12N4O3S. The van der Waals surface area contributed by atoms with Crippen molar-refractivity contribution in [3.63, 3.8) is 0 Å². The van der Waals surface area contributed by atoms with Gasteiger partial charge in [0.2, 0.25) is 5.91 Å². The van der Waals surface area contributed by atoms with Crippen LogP contribution in [0.4, 0.5) is 11.4 Å². The lowest BCUT2D eigenvalue weighted by atomic mass is 10.2. The number of nitro groups is 1. The zero-order chi connectivity index (χ0) is 14.1. The zero-order valence-corrected chi connectivity index (χ0v) is 11.3. The molecule has 7 nitrogen and oxygen atoms in total. The van der Waals surface area contributed by atoms with Gasteiger partial charge in [0.1, 0.15) is 5.69 Å². The van der Waals surface area contributed by atoms with Crippen molar-refractivity contribution in [1.29, 1.82) is 0 Å². The van der Waals surface area contributed by atoms with E-state index >= 15 is 0 Å². The van der Waals surface area contributed by atoms with Crippen molar-refractivity contribution in [2.24, 2.45) is 0 Å². The fraction of sp³-hybridized carbons (Fsp3) is 0.333. The Balaban J connectivity index is 1.80. The normalized spacial score (nSPS) is 14.2. The van der Waals surface area contributed by atoms with Crippen molar-refractivity contribution in [2.75, 3.05) is 11.9 Å². The Morgan fingerprint density at radius 1 is 1.50 bits per heavy atom. The quantitative estimate of drug-likeness (QED) is 0.648. The van der Waals surface area contributed by atoms with Crippen molar-refractivity contribution < 1.29 is 9.72 Å². The van der Waals surface area contributed by atoms with Crippen molar-refractivity contribution in [3.05, 3.63) is 27.8 Å². The van der Waals surface area contributed by atoms with Gasteiger partial charge >= 0.3 is 5.69 Å². The lowest BCUT2D eigenvalue weighted by Gasteiger charge is -2.07. The van der Waals surface area contributed by atoms with Gasteiger partial charge in [0.25, 0.3) is 0 Å². The van der Waals surface area contributed by atoms with Crippen LogP contribution in [0.2, 0.25) is 0 Å². The molecule has 0 bridgehead atoms. The molecule has 104 valence electrons. The minimum Gasteiger partial charge on any atom is -0.370 e. The average Bonchev–Trinajstić information content (AvgIpc) is 3.09. The molecular weight excluding hydrogens is 280 g/mol. The van der Waals surface area contributed by atoms with E-state index in [4.69, 9.17) is 0 Å². The van der Waals surface area contributed by atoms with E-state index in [2.05, 4.69) is 15.6 Å². The fourth-order valence-corrected chi connectivity index (χ4v) is 2.61. The Bertz CT molecular complexity index is 680. The van der Waals surface area contributed by atoms with Gasteiger partial charge in [0, 0.05) is 6.04 Å². The first-order valence-corrected chi connectivity index (χ1v) is 7.07. The van der Waals surface area contributed by atoms with E-state index in [-0.39, 0.29) is 24.2 Å². The number of nitro benzene ring substituents is 1. The smallest absolute Gasteiger partial charge is 0.319 e. The van der Waals surface area contributed by atoms with Gasteiger partial charge in [-0.3, -0.25) is 14.9 Å². The molecule has 8 heteroatoms. The summed E-state index contributed by atoms with van der Waals surface area (Å²) >= 11 is 1.35. The summed E-state index contributed by atoms with van der Waals surface area (Å²) in [6, 6.07) is 3.66. The van der Waals surface area contributed by atoms with Crippen LogP contribution >= 0.6 is 11.3 Å². The summed E-state index contributed by atoms with van der Waals surface area (Å²) in [4.78, 5) is 26.4. The first kappa shape index (κ1) is 12.8. The molecule has 1 amide bonds. The summed E-state index contributed by atoms with van der Waals surface area (Å²) < 4.78 is 0.754. The summed E-state index contributed by atoms with van der Waals surface area (Å²) in [5.41, 5.74) is 2.16. The second-order valence-corrected chi connectivity index (χ2v) is 5.50. The van der Waals surface area contributed by atoms with Crippen LogP contribution in [-0.4, -0.2) is 28.4 Å². The number of hydrogen-bond acceptors (Lipinski definition) is 6. The Morgan fingerprint density at radius 3 is 3.00 bits per heavy atom. The Hall–Kier alpha value is -2.22. The fourth-order valence-electron chi connectivity index (χ4n) is 1.93. The van der Waals surface area contributed by atoms with Crippen LogP contribution in [0.3, 0.4) is 0 Å². The standard InChI is InChI=1S/C12H12N4O3S/c17-10(15-7-1-2-7)5-13-8-3-4-9-11(14-6-20-9)12(8)16(18)19/h3-4,6-7,13H,1-2,5H2,(H,15,17). The Labute approximate surface area is 118 Å². The van der Waals surface area contributed by atoms with E-state index in [9.17, 15) is 14.9 Å². The summed E-state index contributed by atoms with van der Waals surface area (Å²) in [5, 5.41) is 16.8. The predicted molar refractivity (Wildman–Crippen MR) is 75.9 cm³/mol. The molecule has 1 heterocycles. The van der Waals surface area contributed by atoms with Crippen molar-refractivity contribution >= 4 is 38.8 Å². The number of nitrogens with one attached hydrogen (secondary N) is 2. The molecule has 2 aromatic rings. The summed E-state index contributed by atoms with van der Waals surface area (Å²) in [5.74, 6) is -0.153.